The van der Waals surface area contributed by atoms with Gasteiger partial charge < -0.3 is 5.32 Å². The minimum atomic E-state index is -3.60. The second-order valence-corrected chi connectivity index (χ2v) is 10.4. The summed E-state index contributed by atoms with van der Waals surface area (Å²) >= 11 is 12.1. The Morgan fingerprint density at radius 1 is 1.20 bits per heavy atom. The zero-order valence-corrected chi connectivity index (χ0v) is 19.2. The molecule has 162 valence electrons. The lowest BCUT2D eigenvalue weighted by Crippen LogP contribution is -2.46. The molecule has 3 rings (SSSR count). The minimum Gasteiger partial charge on any atom is -0.349 e. The molecular weight excluding hydrogens is 443 g/mol. The molecule has 2 aromatic rings. The maximum Gasteiger partial charge on any atom is 0.224 e. The Bertz CT molecular complexity index is 983. The highest BCUT2D eigenvalue weighted by Crippen LogP contribution is 2.27. The van der Waals surface area contributed by atoms with E-state index in [-0.39, 0.29) is 30.2 Å². The van der Waals surface area contributed by atoms with E-state index in [4.69, 9.17) is 23.2 Å². The van der Waals surface area contributed by atoms with Crippen LogP contribution >= 0.6 is 23.2 Å². The lowest BCUT2D eigenvalue weighted by molar-refractivity contribution is -0.126. The van der Waals surface area contributed by atoms with Gasteiger partial charge in [-0.3, -0.25) is 4.79 Å². The van der Waals surface area contributed by atoms with Crippen LogP contribution in [0.25, 0.3) is 0 Å². The molecule has 1 fully saturated rings. The van der Waals surface area contributed by atoms with E-state index in [9.17, 15) is 13.2 Å². The molecule has 0 aliphatic carbocycles. The van der Waals surface area contributed by atoms with Crippen molar-refractivity contribution in [2.75, 3.05) is 13.1 Å². The number of sulfonamides is 1. The molecule has 0 unspecified atom stereocenters. The van der Waals surface area contributed by atoms with E-state index in [2.05, 4.69) is 5.32 Å². The largest absolute Gasteiger partial charge is 0.349 e. The molecule has 1 saturated heterocycles. The Hall–Kier alpha value is -1.60. The second kappa shape index (κ2) is 10.1. The van der Waals surface area contributed by atoms with Crippen molar-refractivity contribution in [1.82, 2.24) is 9.62 Å². The monoisotopic (exact) mass is 468 g/mol. The van der Waals surface area contributed by atoms with E-state index in [1.165, 1.54) is 10.4 Å². The summed E-state index contributed by atoms with van der Waals surface area (Å²) in [7, 11) is -3.60. The Morgan fingerprint density at radius 3 is 2.60 bits per heavy atom. The summed E-state index contributed by atoms with van der Waals surface area (Å²) in [4.78, 5) is 12.9. The van der Waals surface area contributed by atoms with E-state index >= 15 is 0 Å². The van der Waals surface area contributed by atoms with Gasteiger partial charge in [0.1, 0.15) is 0 Å². The van der Waals surface area contributed by atoms with Gasteiger partial charge >= 0.3 is 0 Å². The molecule has 1 aliphatic heterocycles. The first-order chi connectivity index (χ1) is 14.3. The first-order valence-electron chi connectivity index (χ1n) is 10.1. The SMILES string of the molecule is CC[C@@H](NC(=O)[C@@H]1CCCN(S(=O)(=O)Cc2ccc(Cl)cc2Cl)C1)c1ccccc1. The van der Waals surface area contributed by atoms with Gasteiger partial charge in [0.15, 0.2) is 0 Å². The van der Waals surface area contributed by atoms with Crippen LogP contribution in [0.3, 0.4) is 0 Å². The number of carbonyl (C=O) groups excluding carboxylic acids is 1. The first-order valence-corrected chi connectivity index (χ1v) is 12.4. The van der Waals surface area contributed by atoms with E-state index < -0.39 is 10.0 Å². The highest BCUT2D eigenvalue weighted by Gasteiger charge is 2.33. The third-order valence-electron chi connectivity index (χ3n) is 5.43. The van der Waals surface area contributed by atoms with Crippen molar-refractivity contribution in [2.24, 2.45) is 5.92 Å². The van der Waals surface area contributed by atoms with Crippen LogP contribution in [0.4, 0.5) is 0 Å². The number of nitrogens with one attached hydrogen (secondary N) is 1. The molecule has 0 bridgehead atoms. The average Bonchev–Trinajstić information content (AvgIpc) is 2.74. The molecule has 8 heteroatoms. The van der Waals surface area contributed by atoms with Crippen LogP contribution in [-0.2, 0) is 20.6 Å². The molecular formula is C22H26Cl2N2O3S. The standard InChI is InChI=1S/C22H26Cl2N2O3S/c1-2-21(16-7-4-3-5-8-16)25-22(27)17-9-6-12-26(14-17)30(28,29)15-18-10-11-19(23)13-20(18)24/h3-5,7-8,10-11,13,17,21H,2,6,9,12,14-15H2,1H3,(H,25,27)/t17-,21-/m1/s1. The number of hydrogen-bond acceptors (Lipinski definition) is 3. The van der Waals surface area contributed by atoms with Crippen molar-refractivity contribution in [2.45, 2.75) is 38.0 Å². The molecule has 5 nitrogen and oxygen atoms in total. The van der Waals surface area contributed by atoms with Crippen LogP contribution in [0.15, 0.2) is 48.5 Å². The van der Waals surface area contributed by atoms with Crippen molar-refractivity contribution < 1.29 is 13.2 Å². The molecule has 1 heterocycles. The van der Waals surface area contributed by atoms with Gasteiger partial charge in [-0.1, -0.05) is 66.5 Å². The fourth-order valence-corrected chi connectivity index (χ4v) is 5.93. The van der Waals surface area contributed by atoms with Gasteiger partial charge in [-0.2, -0.15) is 0 Å². The summed E-state index contributed by atoms with van der Waals surface area (Å²) in [6.45, 7) is 2.61. The lowest BCUT2D eigenvalue weighted by Gasteiger charge is -2.32. The number of amides is 1. The van der Waals surface area contributed by atoms with E-state index in [0.717, 1.165) is 12.0 Å². The van der Waals surface area contributed by atoms with Crippen LogP contribution in [0.1, 0.15) is 43.4 Å². The third-order valence-corrected chi connectivity index (χ3v) is 7.81. The van der Waals surface area contributed by atoms with Gasteiger partial charge in [0.2, 0.25) is 15.9 Å². The van der Waals surface area contributed by atoms with Crippen LogP contribution in [0.2, 0.25) is 10.0 Å². The molecule has 1 aliphatic rings. The maximum atomic E-state index is 13.0. The van der Waals surface area contributed by atoms with Gasteiger partial charge in [0.05, 0.1) is 17.7 Å². The Morgan fingerprint density at radius 2 is 1.93 bits per heavy atom. The highest BCUT2D eigenvalue weighted by molar-refractivity contribution is 7.88. The van der Waals surface area contributed by atoms with Crippen molar-refractivity contribution in [1.29, 1.82) is 0 Å². The van der Waals surface area contributed by atoms with Crippen LogP contribution in [-0.4, -0.2) is 31.7 Å². The smallest absolute Gasteiger partial charge is 0.224 e. The van der Waals surface area contributed by atoms with Crippen molar-refractivity contribution >= 4 is 39.1 Å². The van der Waals surface area contributed by atoms with E-state index in [1.54, 1.807) is 12.1 Å². The topological polar surface area (TPSA) is 66.5 Å². The number of piperidine rings is 1. The van der Waals surface area contributed by atoms with Gasteiger partial charge in [-0.05, 0) is 42.5 Å². The summed E-state index contributed by atoms with van der Waals surface area (Å²) in [5.41, 5.74) is 1.55. The summed E-state index contributed by atoms with van der Waals surface area (Å²) in [6.07, 6.45) is 2.08. The lowest BCUT2D eigenvalue weighted by atomic mass is 9.97. The zero-order chi connectivity index (χ0) is 21.7. The number of rotatable bonds is 7. The minimum absolute atomic E-state index is 0.0847. The highest BCUT2D eigenvalue weighted by atomic mass is 35.5. The summed E-state index contributed by atoms with van der Waals surface area (Å²) in [6, 6.07) is 14.5. The Balaban J connectivity index is 1.67. The molecule has 2 aromatic carbocycles. The van der Waals surface area contributed by atoms with Gasteiger partial charge in [-0.15, -0.1) is 0 Å². The maximum absolute atomic E-state index is 13.0. The molecule has 1 amide bonds. The number of benzene rings is 2. The molecule has 0 aromatic heterocycles. The molecule has 0 radical (unpaired) electrons. The van der Waals surface area contributed by atoms with E-state index in [0.29, 0.717) is 35.0 Å². The Kier molecular flexibility index (Phi) is 7.80. The number of nitrogens with zero attached hydrogens (tertiary/aromatic N) is 1. The van der Waals surface area contributed by atoms with Crippen molar-refractivity contribution in [3.63, 3.8) is 0 Å². The predicted molar refractivity (Wildman–Crippen MR) is 121 cm³/mol. The Labute approximate surface area is 188 Å². The number of hydrogen-bond donors (Lipinski definition) is 1. The zero-order valence-electron chi connectivity index (χ0n) is 16.9. The van der Waals surface area contributed by atoms with Crippen LogP contribution in [0, 0.1) is 5.92 Å². The quantitative estimate of drug-likeness (QED) is 0.634. The molecule has 1 N–H and O–H groups in total. The molecule has 0 saturated carbocycles. The fraction of sp³-hybridized carbons (Fsp3) is 0.409. The summed E-state index contributed by atoms with van der Waals surface area (Å²) < 4.78 is 27.3. The van der Waals surface area contributed by atoms with Crippen molar-refractivity contribution in [3.8, 4) is 0 Å². The van der Waals surface area contributed by atoms with Gasteiger partial charge in [-0.25, -0.2) is 12.7 Å². The normalized spacial score (nSPS) is 18.7. The second-order valence-electron chi connectivity index (χ2n) is 7.57. The van der Waals surface area contributed by atoms with Gasteiger partial charge in [0, 0.05) is 23.1 Å². The molecule has 2 atom stereocenters. The fourth-order valence-electron chi connectivity index (χ4n) is 3.73. The first kappa shape index (κ1) is 23.1. The van der Waals surface area contributed by atoms with Crippen LogP contribution in [0.5, 0.6) is 0 Å². The molecule has 0 spiro atoms. The summed E-state index contributed by atoms with van der Waals surface area (Å²) in [5.74, 6) is -0.680. The number of carbonyl (C=O) groups is 1. The predicted octanol–water partition coefficient (Wildman–Crippen LogP) is 4.80. The van der Waals surface area contributed by atoms with Crippen LogP contribution < -0.4 is 5.32 Å². The molecule has 30 heavy (non-hydrogen) atoms. The summed E-state index contributed by atoms with van der Waals surface area (Å²) in [5, 5.41) is 3.88. The van der Waals surface area contributed by atoms with Crippen molar-refractivity contribution in [3.05, 3.63) is 69.7 Å². The number of halogens is 2. The third kappa shape index (κ3) is 5.76. The van der Waals surface area contributed by atoms with E-state index in [1.807, 2.05) is 37.3 Å². The average molecular weight is 469 g/mol. The van der Waals surface area contributed by atoms with Gasteiger partial charge in [0.25, 0.3) is 0 Å².